The van der Waals surface area contributed by atoms with Gasteiger partial charge in [0.15, 0.2) is 5.75 Å². The van der Waals surface area contributed by atoms with E-state index in [1.54, 1.807) is 6.07 Å². The van der Waals surface area contributed by atoms with E-state index in [2.05, 4.69) is 10.4 Å². The van der Waals surface area contributed by atoms with E-state index < -0.39 is 11.7 Å². The Morgan fingerprint density at radius 3 is 2.82 bits per heavy atom. The van der Waals surface area contributed by atoms with Gasteiger partial charge in [-0.15, -0.1) is 0 Å². The minimum absolute atomic E-state index is 0.00776. The molecular weight excluding hydrogens is 295 g/mol. The minimum Gasteiger partial charge on any atom is -0.486 e. The van der Waals surface area contributed by atoms with E-state index in [1.807, 2.05) is 0 Å². The predicted molar refractivity (Wildman–Crippen MR) is 75.1 cm³/mol. The number of hydrogen-bond donors (Lipinski definition) is 1. The summed E-state index contributed by atoms with van der Waals surface area (Å²) in [6.07, 6.45) is 0.495. The van der Waals surface area contributed by atoms with Gasteiger partial charge in [-0.2, -0.15) is 18.3 Å². The van der Waals surface area contributed by atoms with Crippen molar-refractivity contribution in [1.29, 1.82) is 0 Å². The maximum Gasteiger partial charge on any atom is 0.418 e. The van der Waals surface area contributed by atoms with Crippen molar-refractivity contribution in [2.45, 2.75) is 25.1 Å². The molecule has 3 rings (SSSR count). The standard InChI is InChI=1S/C15H16F3N3O/c16-15(17,18)13-5-1-2-6-14(13)21-10-12(9-20-21)22-11-4-3-7-19-8-11/h1-2,5-6,9-11,19H,3-4,7-8H2. The molecule has 7 heteroatoms. The predicted octanol–water partition coefficient (Wildman–Crippen LogP) is 3.02. The fraction of sp³-hybridized carbons (Fsp3) is 0.400. The zero-order chi connectivity index (χ0) is 15.6. The highest BCUT2D eigenvalue weighted by Crippen LogP contribution is 2.33. The molecule has 0 aliphatic carbocycles. The average Bonchev–Trinajstić information content (AvgIpc) is 2.96. The number of nitrogens with one attached hydrogen (secondary N) is 1. The number of benzene rings is 1. The van der Waals surface area contributed by atoms with Gasteiger partial charge >= 0.3 is 6.18 Å². The number of nitrogens with zero attached hydrogens (tertiary/aromatic N) is 2. The first-order chi connectivity index (χ1) is 10.5. The lowest BCUT2D eigenvalue weighted by molar-refractivity contribution is -0.137. The zero-order valence-corrected chi connectivity index (χ0v) is 11.8. The van der Waals surface area contributed by atoms with E-state index in [0.717, 1.165) is 32.0 Å². The Balaban J connectivity index is 1.82. The molecule has 2 aromatic rings. The lowest BCUT2D eigenvalue weighted by Gasteiger charge is -2.22. The van der Waals surface area contributed by atoms with E-state index in [4.69, 9.17) is 4.74 Å². The van der Waals surface area contributed by atoms with Gasteiger partial charge in [0.25, 0.3) is 0 Å². The molecule has 1 unspecified atom stereocenters. The first kappa shape index (κ1) is 14.9. The third kappa shape index (κ3) is 3.24. The maximum atomic E-state index is 13.0. The number of alkyl halides is 3. The average molecular weight is 311 g/mol. The topological polar surface area (TPSA) is 39.1 Å². The molecule has 1 saturated heterocycles. The first-order valence-corrected chi connectivity index (χ1v) is 7.13. The fourth-order valence-electron chi connectivity index (χ4n) is 2.52. The molecule has 0 bridgehead atoms. The lowest BCUT2D eigenvalue weighted by atomic mass is 10.1. The molecule has 22 heavy (non-hydrogen) atoms. The molecule has 0 spiro atoms. The van der Waals surface area contributed by atoms with Crippen LogP contribution in [-0.2, 0) is 6.18 Å². The molecule has 1 aliphatic rings. The second-order valence-electron chi connectivity index (χ2n) is 5.22. The van der Waals surface area contributed by atoms with Crippen LogP contribution in [0.25, 0.3) is 5.69 Å². The van der Waals surface area contributed by atoms with E-state index in [9.17, 15) is 13.2 Å². The number of para-hydroxylation sites is 1. The van der Waals surface area contributed by atoms with Crippen LogP contribution in [0.1, 0.15) is 18.4 Å². The van der Waals surface area contributed by atoms with Crippen LogP contribution in [0.4, 0.5) is 13.2 Å². The second kappa shape index (κ2) is 6.00. The molecule has 0 amide bonds. The number of hydrogen-bond acceptors (Lipinski definition) is 3. The molecule has 0 saturated carbocycles. The van der Waals surface area contributed by atoms with Crippen molar-refractivity contribution < 1.29 is 17.9 Å². The van der Waals surface area contributed by atoms with Crippen LogP contribution >= 0.6 is 0 Å². The highest BCUT2D eigenvalue weighted by molar-refractivity contribution is 5.43. The Hall–Kier alpha value is -2.02. The largest absolute Gasteiger partial charge is 0.486 e. The van der Waals surface area contributed by atoms with Crippen molar-refractivity contribution in [3.05, 3.63) is 42.2 Å². The molecule has 1 aromatic carbocycles. The van der Waals surface area contributed by atoms with Gasteiger partial charge in [0.05, 0.1) is 23.6 Å². The van der Waals surface area contributed by atoms with Crippen molar-refractivity contribution in [2.75, 3.05) is 13.1 Å². The number of halogens is 3. The molecular formula is C15H16F3N3O. The van der Waals surface area contributed by atoms with Gasteiger partial charge in [-0.3, -0.25) is 0 Å². The number of piperidine rings is 1. The van der Waals surface area contributed by atoms with E-state index >= 15 is 0 Å². The summed E-state index contributed by atoms with van der Waals surface area (Å²) in [5.74, 6) is 0.477. The maximum absolute atomic E-state index is 13.0. The highest BCUT2D eigenvalue weighted by Gasteiger charge is 2.33. The van der Waals surface area contributed by atoms with Crippen LogP contribution in [-0.4, -0.2) is 29.0 Å². The normalized spacial score (nSPS) is 19.1. The van der Waals surface area contributed by atoms with Crippen molar-refractivity contribution in [1.82, 2.24) is 15.1 Å². The Morgan fingerprint density at radius 1 is 1.27 bits per heavy atom. The van der Waals surface area contributed by atoms with Gasteiger partial charge in [0, 0.05) is 6.54 Å². The van der Waals surface area contributed by atoms with Crippen LogP contribution in [0.2, 0.25) is 0 Å². The fourth-order valence-corrected chi connectivity index (χ4v) is 2.52. The van der Waals surface area contributed by atoms with Crippen molar-refractivity contribution in [2.24, 2.45) is 0 Å². The van der Waals surface area contributed by atoms with Crippen molar-refractivity contribution in [3.8, 4) is 11.4 Å². The van der Waals surface area contributed by atoms with Crippen molar-refractivity contribution in [3.63, 3.8) is 0 Å². The zero-order valence-electron chi connectivity index (χ0n) is 11.8. The van der Waals surface area contributed by atoms with Crippen molar-refractivity contribution >= 4 is 0 Å². The van der Waals surface area contributed by atoms with Gasteiger partial charge in [-0.1, -0.05) is 12.1 Å². The summed E-state index contributed by atoms with van der Waals surface area (Å²) >= 11 is 0. The minimum atomic E-state index is -4.42. The van der Waals surface area contributed by atoms with Crippen LogP contribution < -0.4 is 10.1 Å². The SMILES string of the molecule is FC(F)(F)c1ccccc1-n1cc(OC2CCCNC2)cn1. The Kier molecular flexibility index (Phi) is 4.06. The highest BCUT2D eigenvalue weighted by atomic mass is 19.4. The molecule has 4 nitrogen and oxygen atoms in total. The molecule has 1 fully saturated rings. The summed E-state index contributed by atoms with van der Waals surface area (Å²) in [4.78, 5) is 0. The monoisotopic (exact) mass is 311 g/mol. The molecule has 0 radical (unpaired) electrons. The van der Waals surface area contributed by atoms with Crippen LogP contribution in [0, 0.1) is 0 Å². The third-order valence-corrected chi connectivity index (χ3v) is 3.57. The van der Waals surface area contributed by atoms with E-state index in [-0.39, 0.29) is 11.8 Å². The Labute approximate surface area is 125 Å². The quantitative estimate of drug-likeness (QED) is 0.947. The van der Waals surface area contributed by atoms with Gasteiger partial charge in [0.2, 0.25) is 0 Å². The summed E-state index contributed by atoms with van der Waals surface area (Å²) in [7, 11) is 0. The van der Waals surface area contributed by atoms with Crippen LogP contribution in [0.5, 0.6) is 5.75 Å². The molecule has 1 atom stereocenters. The van der Waals surface area contributed by atoms with Gasteiger partial charge < -0.3 is 10.1 Å². The van der Waals surface area contributed by atoms with Crippen LogP contribution in [0.3, 0.4) is 0 Å². The van der Waals surface area contributed by atoms with Gasteiger partial charge in [-0.05, 0) is 31.5 Å². The summed E-state index contributed by atoms with van der Waals surface area (Å²) < 4.78 is 46.1. The lowest BCUT2D eigenvalue weighted by Crippen LogP contribution is -2.37. The Bertz CT molecular complexity index is 633. The third-order valence-electron chi connectivity index (χ3n) is 3.57. The van der Waals surface area contributed by atoms with E-state index in [0.29, 0.717) is 5.75 Å². The van der Waals surface area contributed by atoms with Gasteiger partial charge in [-0.25, -0.2) is 4.68 Å². The summed E-state index contributed by atoms with van der Waals surface area (Å²) in [6.45, 7) is 1.71. The molecule has 1 N–H and O–H groups in total. The summed E-state index contributed by atoms with van der Waals surface area (Å²) in [5.41, 5.74) is -0.726. The molecule has 1 aliphatic heterocycles. The Morgan fingerprint density at radius 2 is 2.09 bits per heavy atom. The van der Waals surface area contributed by atoms with Gasteiger partial charge in [0.1, 0.15) is 6.10 Å². The molecule has 118 valence electrons. The first-order valence-electron chi connectivity index (χ1n) is 7.13. The smallest absolute Gasteiger partial charge is 0.418 e. The second-order valence-corrected chi connectivity index (χ2v) is 5.22. The molecule has 1 aromatic heterocycles. The van der Waals surface area contributed by atoms with E-state index in [1.165, 1.54) is 29.2 Å². The number of aromatic nitrogens is 2. The summed E-state index contributed by atoms with van der Waals surface area (Å²) in [6, 6.07) is 5.35. The number of ether oxygens (including phenoxy) is 1. The van der Waals surface area contributed by atoms with Crippen LogP contribution in [0.15, 0.2) is 36.7 Å². The number of rotatable bonds is 3. The molecule has 2 heterocycles. The summed E-state index contributed by atoms with van der Waals surface area (Å²) in [5, 5.41) is 7.22.